The lowest BCUT2D eigenvalue weighted by molar-refractivity contribution is -0.129. The van der Waals surface area contributed by atoms with E-state index in [1.165, 1.54) is 12.1 Å². The summed E-state index contributed by atoms with van der Waals surface area (Å²) in [7, 11) is 0. The molecule has 3 rings (SSSR count). The first-order chi connectivity index (χ1) is 12.1. The van der Waals surface area contributed by atoms with Gasteiger partial charge in [0.15, 0.2) is 0 Å². The van der Waals surface area contributed by atoms with Crippen LogP contribution in [0.15, 0.2) is 48.5 Å². The fourth-order valence-electron chi connectivity index (χ4n) is 3.24. The van der Waals surface area contributed by atoms with Crippen LogP contribution in [0.4, 0.5) is 8.78 Å². The minimum absolute atomic E-state index is 0.154. The molecule has 1 N–H and O–H groups in total. The van der Waals surface area contributed by atoms with E-state index in [0.717, 1.165) is 37.7 Å². The Bertz CT molecular complexity index is 701. The monoisotopic (exact) mass is 344 g/mol. The molecule has 1 heterocycles. The Morgan fingerprint density at radius 1 is 1.08 bits per heavy atom. The molecular weight excluding hydrogens is 322 g/mol. The molecule has 1 amide bonds. The van der Waals surface area contributed by atoms with Gasteiger partial charge in [0.1, 0.15) is 11.6 Å². The van der Waals surface area contributed by atoms with Crippen LogP contribution in [0.2, 0.25) is 0 Å². The van der Waals surface area contributed by atoms with Crippen LogP contribution >= 0.6 is 0 Å². The zero-order valence-electron chi connectivity index (χ0n) is 14.1. The molecular formula is C20H22F2N2O. The predicted octanol–water partition coefficient (Wildman–Crippen LogP) is 3.15. The summed E-state index contributed by atoms with van der Waals surface area (Å²) in [5.41, 5.74) is 1.62. The fourth-order valence-corrected chi connectivity index (χ4v) is 3.24. The van der Waals surface area contributed by atoms with Gasteiger partial charge in [0.05, 0.1) is 6.42 Å². The van der Waals surface area contributed by atoms with Gasteiger partial charge in [-0.1, -0.05) is 30.3 Å². The van der Waals surface area contributed by atoms with Gasteiger partial charge < -0.3 is 10.2 Å². The Labute approximate surface area is 146 Å². The Morgan fingerprint density at radius 2 is 1.80 bits per heavy atom. The van der Waals surface area contributed by atoms with E-state index in [-0.39, 0.29) is 5.91 Å². The minimum Gasteiger partial charge on any atom is -0.342 e. The molecule has 2 aromatic carbocycles. The van der Waals surface area contributed by atoms with Gasteiger partial charge in [0, 0.05) is 32.2 Å². The molecule has 1 aliphatic rings. The van der Waals surface area contributed by atoms with Crippen molar-refractivity contribution in [2.75, 3.05) is 19.6 Å². The smallest absolute Gasteiger partial charge is 0.226 e. The van der Waals surface area contributed by atoms with Crippen molar-refractivity contribution in [1.82, 2.24) is 10.2 Å². The Balaban J connectivity index is 1.43. The first kappa shape index (κ1) is 17.5. The molecule has 2 aromatic rings. The van der Waals surface area contributed by atoms with Crippen molar-refractivity contribution >= 4 is 5.91 Å². The third-order valence-corrected chi connectivity index (χ3v) is 4.52. The van der Waals surface area contributed by atoms with Crippen molar-refractivity contribution in [2.24, 2.45) is 5.92 Å². The quantitative estimate of drug-likeness (QED) is 0.873. The first-order valence-corrected chi connectivity index (χ1v) is 8.57. The third kappa shape index (κ3) is 5.10. The molecule has 132 valence electrons. The maximum Gasteiger partial charge on any atom is 0.226 e. The van der Waals surface area contributed by atoms with Crippen molar-refractivity contribution in [1.29, 1.82) is 0 Å². The number of carbonyl (C=O) groups is 1. The maximum absolute atomic E-state index is 13.2. The number of carbonyl (C=O) groups excluding carboxylic acids is 1. The normalized spacial score (nSPS) is 17.0. The summed E-state index contributed by atoms with van der Waals surface area (Å²) < 4.78 is 26.3. The van der Waals surface area contributed by atoms with Crippen LogP contribution in [0.25, 0.3) is 0 Å². The lowest BCUT2D eigenvalue weighted by Gasteiger charge is -2.17. The highest BCUT2D eigenvalue weighted by molar-refractivity contribution is 5.79. The number of halogens is 2. The number of likely N-dealkylation sites (tertiary alicyclic amines) is 1. The Kier molecular flexibility index (Phi) is 5.76. The number of hydrogen-bond donors (Lipinski definition) is 1. The number of amides is 1. The second kappa shape index (κ2) is 8.21. The number of nitrogens with zero attached hydrogens (tertiary/aromatic N) is 1. The predicted molar refractivity (Wildman–Crippen MR) is 92.9 cm³/mol. The SMILES string of the molecule is O=C(Cc1ccccc1)N1CC[C@H](CNCc2cc(F)cc(F)c2)C1. The first-order valence-electron chi connectivity index (χ1n) is 8.57. The molecule has 1 fully saturated rings. The molecule has 0 bridgehead atoms. The van der Waals surface area contributed by atoms with E-state index in [1.54, 1.807) is 0 Å². The van der Waals surface area contributed by atoms with E-state index >= 15 is 0 Å². The van der Waals surface area contributed by atoms with Crippen molar-refractivity contribution in [2.45, 2.75) is 19.4 Å². The largest absolute Gasteiger partial charge is 0.342 e. The summed E-state index contributed by atoms with van der Waals surface area (Å²) in [5.74, 6) is -0.593. The van der Waals surface area contributed by atoms with Gasteiger partial charge >= 0.3 is 0 Å². The molecule has 0 spiro atoms. The summed E-state index contributed by atoms with van der Waals surface area (Å²) in [4.78, 5) is 14.3. The molecule has 1 saturated heterocycles. The van der Waals surface area contributed by atoms with Gasteiger partial charge in [-0.25, -0.2) is 8.78 Å². The van der Waals surface area contributed by atoms with Gasteiger partial charge in [-0.15, -0.1) is 0 Å². The minimum atomic E-state index is -0.560. The molecule has 0 saturated carbocycles. The highest BCUT2D eigenvalue weighted by atomic mass is 19.1. The van der Waals surface area contributed by atoms with Crippen LogP contribution in [0.1, 0.15) is 17.5 Å². The molecule has 0 aliphatic carbocycles. The molecule has 3 nitrogen and oxygen atoms in total. The Hall–Kier alpha value is -2.27. The molecule has 0 aromatic heterocycles. The summed E-state index contributed by atoms with van der Waals surface area (Å²) in [5, 5.41) is 3.24. The molecule has 1 atom stereocenters. The van der Waals surface area contributed by atoms with Crippen molar-refractivity contribution in [3.05, 3.63) is 71.3 Å². The van der Waals surface area contributed by atoms with Crippen molar-refractivity contribution in [3.8, 4) is 0 Å². The second-order valence-electron chi connectivity index (χ2n) is 6.57. The van der Waals surface area contributed by atoms with Crippen LogP contribution < -0.4 is 5.32 Å². The van der Waals surface area contributed by atoms with Gasteiger partial charge in [-0.3, -0.25) is 4.79 Å². The number of rotatable bonds is 6. The molecule has 25 heavy (non-hydrogen) atoms. The van der Waals surface area contributed by atoms with Gasteiger partial charge in [0.25, 0.3) is 0 Å². The van der Waals surface area contributed by atoms with Crippen LogP contribution in [0.3, 0.4) is 0 Å². The van der Waals surface area contributed by atoms with Crippen molar-refractivity contribution < 1.29 is 13.6 Å². The zero-order valence-corrected chi connectivity index (χ0v) is 14.1. The van der Waals surface area contributed by atoms with E-state index in [2.05, 4.69) is 5.32 Å². The number of nitrogens with one attached hydrogen (secondary N) is 1. The summed E-state index contributed by atoms with van der Waals surface area (Å²) in [6, 6.07) is 13.3. The summed E-state index contributed by atoms with van der Waals surface area (Å²) >= 11 is 0. The summed E-state index contributed by atoms with van der Waals surface area (Å²) in [6.07, 6.45) is 1.38. The van der Waals surface area contributed by atoms with Crippen molar-refractivity contribution in [3.63, 3.8) is 0 Å². The van der Waals surface area contributed by atoms with Crippen LogP contribution in [-0.2, 0) is 17.8 Å². The number of hydrogen-bond acceptors (Lipinski definition) is 2. The average Bonchev–Trinajstić information content (AvgIpc) is 3.04. The highest BCUT2D eigenvalue weighted by Crippen LogP contribution is 2.17. The molecule has 0 radical (unpaired) electrons. The van der Waals surface area contributed by atoms with Crippen LogP contribution in [0, 0.1) is 17.6 Å². The standard InChI is InChI=1S/C20H22F2N2O/c21-18-8-17(9-19(22)11-18)13-23-12-16-6-7-24(14-16)20(25)10-15-4-2-1-3-5-15/h1-5,8-9,11,16,23H,6-7,10,12-14H2/t16-/m1/s1. The lowest BCUT2D eigenvalue weighted by atomic mass is 10.1. The van der Waals surface area contributed by atoms with E-state index < -0.39 is 11.6 Å². The van der Waals surface area contributed by atoms with Gasteiger partial charge in [-0.05, 0) is 35.6 Å². The topological polar surface area (TPSA) is 32.3 Å². The average molecular weight is 344 g/mol. The molecule has 1 aliphatic heterocycles. The van der Waals surface area contributed by atoms with Gasteiger partial charge in [0.2, 0.25) is 5.91 Å². The fraction of sp³-hybridized carbons (Fsp3) is 0.350. The molecule has 0 unspecified atom stereocenters. The third-order valence-electron chi connectivity index (χ3n) is 4.52. The maximum atomic E-state index is 13.2. The highest BCUT2D eigenvalue weighted by Gasteiger charge is 2.25. The zero-order chi connectivity index (χ0) is 17.6. The molecule has 5 heteroatoms. The van der Waals surface area contributed by atoms with Gasteiger partial charge in [-0.2, -0.15) is 0 Å². The summed E-state index contributed by atoms with van der Waals surface area (Å²) in [6.45, 7) is 2.65. The van der Waals surface area contributed by atoms with Crippen LogP contribution in [-0.4, -0.2) is 30.4 Å². The number of benzene rings is 2. The van der Waals surface area contributed by atoms with Crippen LogP contribution in [0.5, 0.6) is 0 Å². The van der Waals surface area contributed by atoms with E-state index in [4.69, 9.17) is 0 Å². The second-order valence-corrected chi connectivity index (χ2v) is 6.57. The Morgan fingerprint density at radius 3 is 2.52 bits per heavy atom. The van der Waals surface area contributed by atoms with E-state index in [1.807, 2.05) is 35.2 Å². The van der Waals surface area contributed by atoms with E-state index in [9.17, 15) is 13.6 Å². The van der Waals surface area contributed by atoms with E-state index in [0.29, 0.717) is 24.4 Å². The lowest BCUT2D eigenvalue weighted by Crippen LogP contribution is -2.32.